The number of halogens is 3. The van der Waals surface area contributed by atoms with E-state index in [0.717, 1.165) is 22.4 Å². The maximum atomic E-state index is 6.05. The molecule has 4 heteroatoms. The molecular weight excluding hydrogens is 347 g/mol. The zero-order valence-electron chi connectivity index (χ0n) is 10.6. The Labute approximate surface area is 131 Å². The Morgan fingerprint density at radius 2 is 1.63 bits per heavy atom. The molecule has 2 aromatic rings. The molecule has 0 aliphatic heterocycles. The summed E-state index contributed by atoms with van der Waals surface area (Å²) in [6.07, 6.45) is 0. The second kappa shape index (κ2) is 6.17. The van der Waals surface area contributed by atoms with Crippen LogP contribution in [-0.2, 0) is 0 Å². The lowest BCUT2D eigenvalue weighted by molar-refractivity contribution is 0.411. The zero-order valence-corrected chi connectivity index (χ0v) is 13.7. The van der Waals surface area contributed by atoms with Crippen LogP contribution in [-0.4, -0.2) is 7.11 Å². The van der Waals surface area contributed by atoms with E-state index >= 15 is 0 Å². The standard InChI is InChI=1S/C15H13BrCl2O/c1-9-7-10(4-6-14(9)19-2)15(16)11-3-5-12(17)13(18)8-11/h3-8,15H,1-2H3. The molecule has 0 saturated heterocycles. The van der Waals surface area contributed by atoms with Crippen LogP contribution in [0.4, 0.5) is 0 Å². The summed E-state index contributed by atoms with van der Waals surface area (Å²) in [5.41, 5.74) is 3.32. The van der Waals surface area contributed by atoms with Crippen LogP contribution >= 0.6 is 39.1 Å². The first-order valence-electron chi connectivity index (χ1n) is 5.76. The molecule has 2 aromatic carbocycles. The van der Waals surface area contributed by atoms with Gasteiger partial charge in [-0.25, -0.2) is 0 Å². The Balaban J connectivity index is 2.35. The van der Waals surface area contributed by atoms with E-state index in [2.05, 4.69) is 22.0 Å². The molecule has 0 bridgehead atoms. The van der Waals surface area contributed by atoms with Gasteiger partial charge in [-0.05, 0) is 41.8 Å². The van der Waals surface area contributed by atoms with E-state index in [9.17, 15) is 0 Å². The van der Waals surface area contributed by atoms with Gasteiger partial charge in [0.2, 0.25) is 0 Å². The third kappa shape index (κ3) is 3.25. The lowest BCUT2D eigenvalue weighted by atomic mass is 10.0. The smallest absolute Gasteiger partial charge is 0.121 e. The van der Waals surface area contributed by atoms with Crippen molar-refractivity contribution in [2.75, 3.05) is 7.11 Å². The molecule has 0 aromatic heterocycles. The molecule has 1 atom stereocenters. The molecular formula is C15H13BrCl2O. The second-order valence-corrected chi connectivity index (χ2v) is 6.00. The van der Waals surface area contributed by atoms with Crippen molar-refractivity contribution in [2.24, 2.45) is 0 Å². The molecule has 1 unspecified atom stereocenters. The van der Waals surface area contributed by atoms with E-state index in [1.165, 1.54) is 0 Å². The first kappa shape index (κ1) is 14.7. The van der Waals surface area contributed by atoms with Crippen LogP contribution in [0.15, 0.2) is 36.4 Å². The topological polar surface area (TPSA) is 9.23 Å². The summed E-state index contributed by atoms with van der Waals surface area (Å²) >= 11 is 15.7. The Morgan fingerprint density at radius 1 is 1.00 bits per heavy atom. The van der Waals surface area contributed by atoms with E-state index in [1.807, 2.05) is 37.3 Å². The number of alkyl halides is 1. The fourth-order valence-corrected chi connectivity index (χ4v) is 2.80. The van der Waals surface area contributed by atoms with Gasteiger partial charge in [-0.3, -0.25) is 0 Å². The Hall–Kier alpha value is -0.700. The first-order valence-corrected chi connectivity index (χ1v) is 7.43. The Morgan fingerprint density at radius 3 is 2.21 bits per heavy atom. The molecule has 0 fully saturated rings. The predicted octanol–water partition coefficient (Wildman–Crippen LogP) is 5.79. The number of methoxy groups -OCH3 is 1. The number of hydrogen-bond donors (Lipinski definition) is 0. The summed E-state index contributed by atoms with van der Waals surface area (Å²) in [5, 5.41) is 1.13. The van der Waals surface area contributed by atoms with Gasteiger partial charge in [-0.1, -0.05) is 57.3 Å². The molecule has 0 aliphatic carbocycles. The van der Waals surface area contributed by atoms with Crippen molar-refractivity contribution >= 4 is 39.1 Å². The quantitative estimate of drug-likeness (QED) is 0.629. The molecule has 2 rings (SSSR count). The van der Waals surface area contributed by atoms with Gasteiger partial charge in [0, 0.05) is 0 Å². The first-order chi connectivity index (χ1) is 9.02. The van der Waals surface area contributed by atoms with Crippen LogP contribution in [0.1, 0.15) is 21.5 Å². The monoisotopic (exact) mass is 358 g/mol. The number of ether oxygens (including phenoxy) is 1. The summed E-state index contributed by atoms with van der Waals surface area (Å²) in [6.45, 7) is 2.02. The van der Waals surface area contributed by atoms with E-state index in [4.69, 9.17) is 27.9 Å². The number of rotatable bonds is 3. The SMILES string of the molecule is COc1ccc(C(Br)c2ccc(Cl)c(Cl)c2)cc1C. The lowest BCUT2D eigenvalue weighted by Crippen LogP contribution is -1.95. The summed E-state index contributed by atoms with van der Waals surface area (Å²) in [5.74, 6) is 0.887. The summed E-state index contributed by atoms with van der Waals surface area (Å²) < 4.78 is 5.27. The molecule has 0 radical (unpaired) electrons. The lowest BCUT2D eigenvalue weighted by Gasteiger charge is -2.14. The van der Waals surface area contributed by atoms with Gasteiger partial charge in [0.05, 0.1) is 22.0 Å². The average Bonchev–Trinajstić information content (AvgIpc) is 2.41. The van der Waals surface area contributed by atoms with Crippen LogP contribution in [0.2, 0.25) is 10.0 Å². The number of aryl methyl sites for hydroxylation is 1. The van der Waals surface area contributed by atoms with Crippen molar-refractivity contribution in [3.63, 3.8) is 0 Å². The third-order valence-corrected chi connectivity index (χ3v) is 4.74. The predicted molar refractivity (Wildman–Crippen MR) is 85.0 cm³/mol. The summed E-state index contributed by atoms with van der Waals surface area (Å²) in [7, 11) is 1.67. The minimum atomic E-state index is 0.0758. The highest BCUT2D eigenvalue weighted by Crippen LogP contribution is 2.35. The van der Waals surface area contributed by atoms with Crippen molar-refractivity contribution in [2.45, 2.75) is 11.8 Å². The maximum Gasteiger partial charge on any atom is 0.121 e. The highest BCUT2D eigenvalue weighted by Gasteiger charge is 2.13. The van der Waals surface area contributed by atoms with E-state index < -0.39 is 0 Å². The fourth-order valence-electron chi connectivity index (χ4n) is 1.92. The largest absolute Gasteiger partial charge is 0.496 e. The van der Waals surface area contributed by atoms with Gasteiger partial charge in [0.1, 0.15) is 5.75 Å². The molecule has 0 N–H and O–H groups in total. The minimum Gasteiger partial charge on any atom is -0.496 e. The van der Waals surface area contributed by atoms with Crippen molar-refractivity contribution in [3.05, 3.63) is 63.1 Å². The Kier molecular flexibility index (Phi) is 4.77. The van der Waals surface area contributed by atoms with Crippen LogP contribution in [0.25, 0.3) is 0 Å². The van der Waals surface area contributed by atoms with Gasteiger partial charge in [0.25, 0.3) is 0 Å². The highest BCUT2D eigenvalue weighted by molar-refractivity contribution is 9.09. The number of hydrogen-bond acceptors (Lipinski definition) is 1. The zero-order chi connectivity index (χ0) is 14.0. The van der Waals surface area contributed by atoms with Gasteiger partial charge in [0.15, 0.2) is 0 Å². The van der Waals surface area contributed by atoms with E-state index in [1.54, 1.807) is 7.11 Å². The third-order valence-electron chi connectivity index (χ3n) is 2.95. The van der Waals surface area contributed by atoms with E-state index in [0.29, 0.717) is 10.0 Å². The molecule has 19 heavy (non-hydrogen) atoms. The average molecular weight is 360 g/mol. The Bertz CT molecular complexity index is 599. The van der Waals surface area contributed by atoms with Gasteiger partial charge in [-0.2, -0.15) is 0 Å². The molecule has 1 nitrogen and oxygen atoms in total. The molecule has 0 amide bonds. The normalized spacial score (nSPS) is 12.3. The highest BCUT2D eigenvalue weighted by atomic mass is 79.9. The van der Waals surface area contributed by atoms with Crippen LogP contribution in [0.3, 0.4) is 0 Å². The van der Waals surface area contributed by atoms with Crippen molar-refractivity contribution in [1.82, 2.24) is 0 Å². The molecule has 0 aliphatic rings. The number of benzene rings is 2. The van der Waals surface area contributed by atoms with Crippen molar-refractivity contribution in [1.29, 1.82) is 0 Å². The van der Waals surface area contributed by atoms with Crippen molar-refractivity contribution in [3.8, 4) is 5.75 Å². The molecule has 0 saturated carbocycles. The van der Waals surface area contributed by atoms with Gasteiger partial charge < -0.3 is 4.74 Å². The summed E-state index contributed by atoms with van der Waals surface area (Å²) in [4.78, 5) is 0.0758. The molecule has 100 valence electrons. The van der Waals surface area contributed by atoms with Crippen LogP contribution < -0.4 is 4.74 Å². The maximum absolute atomic E-state index is 6.05. The minimum absolute atomic E-state index is 0.0758. The second-order valence-electron chi connectivity index (χ2n) is 4.27. The molecule has 0 spiro atoms. The van der Waals surface area contributed by atoms with Crippen LogP contribution in [0.5, 0.6) is 5.75 Å². The summed E-state index contributed by atoms with van der Waals surface area (Å²) in [6, 6.07) is 11.8. The van der Waals surface area contributed by atoms with Gasteiger partial charge in [-0.15, -0.1) is 0 Å². The van der Waals surface area contributed by atoms with Crippen molar-refractivity contribution < 1.29 is 4.74 Å². The van der Waals surface area contributed by atoms with Gasteiger partial charge >= 0.3 is 0 Å². The molecule has 0 heterocycles. The fraction of sp³-hybridized carbons (Fsp3) is 0.200. The van der Waals surface area contributed by atoms with E-state index in [-0.39, 0.29) is 4.83 Å². The van der Waals surface area contributed by atoms with Crippen LogP contribution in [0, 0.1) is 6.92 Å².